The highest BCUT2D eigenvalue weighted by Crippen LogP contribution is 2.14. The highest BCUT2D eigenvalue weighted by molar-refractivity contribution is 8.02. The van der Waals surface area contributed by atoms with Gasteiger partial charge < -0.3 is 10.4 Å². The second-order valence-corrected chi connectivity index (χ2v) is 3.39. The Bertz CT molecular complexity index is 335. The molecule has 0 saturated heterocycles. The second-order valence-electron chi connectivity index (χ2n) is 2.58. The first kappa shape index (κ1) is 13.3. The topological polar surface area (TPSA) is 96.9 Å². The second kappa shape index (κ2) is 6.74. The normalized spacial score (nSPS) is 10.7. The number of nitrogens with zero attached hydrogens (tertiary/aromatic N) is 2. The summed E-state index contributed by atoms with van der Waals surface area (Å²) >= 11 is 1.15. The van der Waals surface area contributed by atoms with Gasteiger partial charge in [0.15, 0.2) is 5.57 Å². The van der Waals surface area contributed by atoms with Gasteiger partial charge in [0.05, 0.1) is 5.03 Å². The summed E-state index contributed by atoms with van der Waals surface area (Å²) in [6.07, 6.45) is 2.05. The number of hydrogen-bond donors (Lipinski definition) is 2. The lowest BCUT2D eigenvalue weighted by atomic mass is 10.2. The molecule has 0 aliphatic carbocycles. The van der Waals surface area contributed by atoms with Crippen molar-refractivity contribution < 1.29 is 9.90 Å². The number of aliphatic carboxylic acids is 1. The molecule has 0 spiro atoms. The van der Waals surface area contributed by atoms with Gasteiger partial charge in [-0.05, 0) is 12.7 Å². The summed E-state index contributed by atoms with van der Waals surface area (Å²) in [5.74, 6) is -1.00. The first-order valence-corrected chi connectivity index (χ1v) is 5.40. The SMILES string of the molecule is CCC(NC(SC)=C(C#N)C#N)C(=O)O. The first-order valence-electron chi connectivity index (χ1n) is 4.18. The van der Waals surface area contributed by atoms with Crippen LogP contribution < -0.4 is 5.32 Å². The molecule has 0 fully saturated rings. The molecular weight excluding hydrogens is 214 g/mol. The van der Waals surface area contributed by atoms with E-state index >= 15 is 0 Å². The van der Waals surface area contributed by atoms with Gasteiger partial charge in [-0.15, -0.1) is 11.8 Å². The summed E-state index contributed by atoms with van der Waals surface area (Å²) in [5, 5.41) is 29.0. The number of hydrogen-bond acceptors (Lipinski definition) is 5. The van der Waals surface area contributed by atoms with Gasteiger partial charge in [0.1, 0.15) is 18.2 Å². The molecular formula is C9H11N3O2S. The van der Waals surface area contributed by atoms with Gasteiger partial charge in [-0.3, -0.25) is 0 Å². The summed E-state index contributed by atoms with van der Waals surface area (Å²) < 4.78 is 0. The average molecular weight is 225 g/mol. The van der Waals surface area contributed by atoms with E-state index in [1.807, 2.05) is 0 Å². The van der Waals surface area contributed by atoms with E-state index in [0.29, 0.717) is 11.4 Å². The Morgan fingerprint density at radius 2 is 2.07 bits per heavy atom. The third kappa shape index (κ3) is 3.92. The van der Waals surface area contributed by atoms with Crippen molar-refractivity contribution in [2.24, 2.45) is 0 Å². The Kier molecular flexibility index (Phi) is 6.00. The molecule has 0 heterocycles. The molecule has 0 aliphatic heterocycles. The molecule has 0 bridgehead atoms. The van der Waals surface area contributed by atoms with E-state index in [4.69, 9.17) is 15.6 Å². The minimum Gasteiger partial charge on any atom is -0.480 e. The molecule has 5 nitrogen and oxygen atoms in total. The maximum Gasteiger partial charge on any atom is 0.326 e. The lowest BCUT2D eigenvalue weighted by Crippen LogP contribution is -2.35. The highest BCUT2D eigenvalue weighted by atomic mass is 32.2. The van der Waals surface area contributed by atoms with Crippen LogP contribution >= 0.6 is 11.8 Å². The predicted molar refractivity (Wildman–Crippen MR) is 56.6 cm³/mol. The van der Waals surface area contributed by atoms with Crippen LogP contribution in [0, 0.1) is 22.7 Å². The van der Waals surface area contributed by atoms with Gasteiger partial charge in [-0.25, -0.2) is 4.79 Å². The molecule has 80 valence electrons. The lowest BCUT2D eigenvalue weighted by Gasteiger charge is -2.14. The van der Waals surface area contributed by atoms with E-state index in [1.54, 1.807) is 25.3 Å². The Morgan fingerprint density at radius 3 is 2.33 bits per heavy atom. The molecule has 0 aromatic heterocycles. The third-order valence-electron chi connectivity index (χ3n) is 1.67. The van der Waals surface area contributed by atoms with Gasteiger partial charge in [-0.1, -0.05) is 6.92 Å². The van der Waals surface area contributed by atoms with Crippen molar-refractivity contribution in [3.63, 3.8) is 0 Å². The van der Waals surface area contributed by atoms with Crippen LogP contribution in [0.2, 0.25) is 0 Å². The zero-order valence-electron chi connectivity index (χ0n) is 8.44. The zero-order chi connectivity index (χ0) is 11.8. The minimum atomic E-state index is -1.00. The van der Waals surface area contributed by atoms with Gasteiger partial charge in [0.25, 0.3) is 0 Å². The van der Waals surface area contributed by atoms with E-state index in [0.717, 1.165) is 11.8 Å². The minimum absolute atomic E-state index is 0.0952. The van der Waals surface area contributed by atoms with E-state index in [9.17, 15) is 4.79 Å². The molecule has 15 heavy (non-hydrogen) atoms. The monoisotopic (exact) mass is 225 g/mol. The molecule has 0 aromatic rings. The van der Waals surface area contributed by atoms with Crippen molar-refractivity contribution in [3.8, 4) is 12.1 Å². The van der Waals surface area contributed by atoms with Crippen molar-refractivity contribution >= 4 is 17.7 Å². The summed E-state index contributed by atoms with van der Waals surface area (Å²) in [5.41, 5.74) is -0.0952. The highest BCUT2D eigenvalue weighted by Gasteiger charge is 2.17. The van der Waals surface area contributed by atoms with Crippen LogP contribution in [0.15, 0.2) is 10.6 Å². The fourth-order valence-corrected chi connectivity index (χ4v) is 1.41. The van der Waals surface area contributed by atoms with Crippen LogP contribution in [0.5, 0.6) is 0 Å². The lowest BCUT2D eigenvalue weighted by molar-refractivity contribution is -0.139. The molecule has 0 saturated carbocycles. The van der Waals surface area contributed by atoms with Gasteiger partial charge in [0, 0.05) is 0 Å². The van der Waals surface area contributed by atoms with Gasteiger partial charge in [0.2, 0.25) is 0 Å². The van der Waals surface area contributed by atoms with Crippen LogP contribution in [-0.2, 0) is 4.79 Å². The van der Waals surface area contributed by atoms with Crippen LogP contribution in [0.4, 0.5) is 0 Å². The summed E-state index contributed by atoms with van der Waals surface area (Å²) in [6.45, 7) is 1.71. The largest absolute Gasteiger partial charge is 0.480 e. The molecule has 0 aromatic carbocycles. The zero-order valence-corrected chi connectivity index (χ0v) is 9.26. The maximum atomic E-state index is 10.7. The summed E-state index contributed by atoms with van der Waals surface area (Å²) in [4.78, 5) is 10.7. The van der Waals surface area contributed by atoms with Crippen molar-refractivity contribution in [1.29, 1.82) is 10.5 Å². The number of allylic oxidation sites excluding steroid dienone is 1. The maximum absolute atomic E-state index is 10.7. The van der Waals surface area contributed by atoms with Crippen LogP contribution in [0.1, 0.15) is 13.3 Å². The number of nitrogens with one attached hydrogen (secondary N) is 1. The molecule has 2 N–H and O–H groups in total. The first-order chi connectivity index (χ1) is 7.10. The average Bonchev–Trinajstić information content (AvgIpc) is 2.23. The van der Waals surface area contributed by atoms with E-state index in [2.05, 4.69) is 5.32 Å². The van der Waals surface area contributed by atoms with Crippen molar-refractivity contribution in [3.05, 3.63) is 10.6 Å². The Morgan fingerprint density at radius 1 is 1.53 bits per heavy atom. The smallest absolute Gasteiger partial charge is 0.326 e. The fraction of sp³-hybridized carbons (Fsp3) is 0.444. The molecule has 6 heteroatoms. The summed E-state index contributed by atoms with van der Waals surface area (Å²) in [6, 6.07) is 2.65. The Labute approximate surface area is 92.4 Å². The Balaban J connectivity index is 4.90. The number of carboxylic acid groups (broad SMARTS) is 1. The van der Waals surface area contributed by atoms with Crippen LogP contribution in [-0.4, -0.2) is 23.4 Å². The number of nitriles is 2. The van der Waals surface area contributed by atoms with Gasteiger partial charge in [-0.2, -0.15) is 10.5 Å². The van der Waals surface area contributed by atoms with Crippen LogP contribution in [0.3, 0.4) is 0 Å². The van der Waals surface area contributed by atoms with E-state index in [-0.39, 0.29) is 5.57 Å². The molecule has 1 unspecified atom stereocenters. The standard InChI is InChI=1S/C9H11N3O2S/c1-3-7(9(13)14)12-8(15-2)6(4-10)5-11/h7,12H,3H2,1-2H3,(H,13,14). The molecule has 0 aliphatic rings. The Hall–Kier alpha value is -1.66. The van der Waals surface area contributed by atoms with Crippen LogP contribution in [0.25, 0.3) is 0 Å². The van der Waals surface area contributed by atoms with E-state index in [1.165, 1.54) is 0 Å². The number of thioether (sulfide) groups is 1. The number of carbonyl (C=O) groups is 1. The summed E-state index contributed by atoms with van der Waals surface area (Å²) in [7, 11) is 0. The van der Waals surface area contributed by atoms with Crippen molar-refractivity contribution in [2.75, 3.05) is 6.26 Å². The molecule has 0 amide bonds. The quantitative estimate of drug-likeness (QED) is 0.679. The van der Waals surface area contributed by atoms with Crippen molar-refractivity contribution in [2.45, 2.75) is 19.4 Å². The molecule has 1 atom stereocenters. The number of carboxylic acids is 1. The fourth-order valence-electron chi connectivity index (χ4n) is 0.856. The third-order valence-corrected chi connectivity index (χ3v) is 2.40. The predicted octanol–water partition coefficient (Wildman–Crippen LogP) is 1.06. The van der Waals surface area contributed by atoms with Crippen molar-refractivity contribution in [1.82, 2.24) is 5.32 Å². The van der Waals surface area contributed by atoms with Gasteiger partial charge >= 0.3 is 5.97 Å². The van der Waals surface area contributed by atoms with E-state index < -0.39 is 12.0 Å². The molecule has 0 radical (unpaired) electrons. The molecule has 0 rings (SSSR count). The number of rotatable bonds is 5.